The molecular formula is C20H19NO. The molecule has 0 fully saturated rings. The van der Waals surface area contributed by atoms with E-state index in [1.165, 1.54) is 0 Å². The molecule has 0 N–H and O–H groups in total. The van der Waals surface area contributed by atoms with Gasteiger partial charge in [0.2, 0.25) is 0 Å². The van der Waals surface area contributed by atoms with Gasteiger partial charge in [0.25, 0.3) is 0 Å². The highest BCUT2D eigenvalue weighted by Crippen LogP contribution is 2.11. The molecule has 0 radical (unpaired) electrons. The molecule has 0 aromatic heterocycles. The minimum absolute atomic E-state index is 0.388. The van der Waals surface area contributed by atoms with Crippen LogP contribution < -0.4 is 4.90 Å². The van der Waals surface area contributed by atoms with Crippen molar-refractivity contribution in [2.75, 3.05) is 32.2 Å². The van der Waals surface area contributed by atoms with Gasteiger partial charge in [-0.05, 0) is 36.4 Å². The molecule has 22 heavy (non-hydrogen) atoms. The van der Waals surface area contributed by atoms with Gasteiger partial charge in [-0.15, -0.1) is 0 Å². The molecular weight excluding hydrogens is 270 g/mol. The van der Waals surface area contributed by atoms with Crippen molar-refractivity contribution in [3.05, 3.63) is 65.7 Å². The standard InChI is InChI=1S/C20H19NO/c1-21(2)20-14-12-19(13-15-20)11-7-17-22-16-6-10-18-8-4-3-5-9-18/h3-5,8-9,12-15H,16-17H2,1-2H3. The lowest BCUT2D eigenvalue weighted by Crippen LogP contribution is -2.07. The summed E-state index contributed by atoms with van der Waals surface area (Å²) in [5, 5.41) is 0. The van der Waals surface area contributed by atoms with E-state index in [0.717, 1.165) is 16.8 Å². The fourth-order valence-corrected chi connectivity index (χ4v) is 1.79. The smallest absolute Gasteiger partial charge is 0.109 e. The van der Waals surface area contributed by atoms with Gasteiger partial charge in [-0.1, -0.05) is 41.9 Å². The lowest BCUT2D eigenvalue weighted by molar-refractivity contribution is 0.204. The predicted molar refractivity (Wildman–Crippen MR) is 91.8 cm³/mol. The number of benzene rings is 2. The molecule has 0 aliphatic rings. The van der Waals surface area contributed by atoms with Gasteiger partial charge in [0.15, 0.2) is 0 Å². The largest absolute Gasteiger partial charge is 0.378 e. The van der Waals surface area contributed by atoms with Crippen LogP contribution >= 0.6 is 0 Å². The summed E-state index contributed by atoms with van der Waals surface area (Å²) in [6, 6.07) is 18.0. The van der Waals surface area contributed by atoms with Crippen molar-refractivity contribution in [3.63, 3.8) is 0 Å². The summed E-state index contributed by atoms with van der Waals surface area (Å²) >= 11 is 0. The molecule has 2 heteroatoms. The number of anilines is 1. The number of hydrogen-bond donors (Lipinski definition) is 0. The number of nitrogens with zero attached hydrogens (tertiary/aromatic N) is 1. The third-order valence-corrected chi connectivity index (χ3v) is 2.97. The molecule has 0 spiro atoms. The molecule has 0 saturated heterocycles. The highest BCUT2D eigenvalue weighted by molar-refractivity contribution is 5.49. The van der Waals surface area contributed by atoms with Crippen molar-refractivity contribution >= 4 is 5.69 Å². The van der Waals surface area contributed by atoms with Crippen LogP contribution in [-0.2, 0) is 4.74 Å². The normalized spacial score (nSPS) is 9.18. The van der Waals surface area contributed by atoms with Gasteiger partial charge in [0, 0.05) is 30.9 Å². The summed E-state index contributed by atoms with van der Waals surface area (Å²) in [7, 11) is 4.04. The first kappa shape index (κ1) is 15.7. The van der Waals surface area contributed by atoms with Crippen LogP contribution in [0.1, 0.15) is 11.1 Å². The topological polar surface area (TPSA) is 12.5 Å². The van der Waals surface area contributed by atoms with Crippen LogP contribution in [0, 0.1) is 23.7 Å². The summed E-state index contributed by atoms with van der Waals surface area (Å²) in [6.45, 7) is 0.780. The van der Waals surface area contributed by atoms with Crippen LogP contribution in [0.4, 0.5) is 5.69 Å². The lowest BCUT2D eigenvalue weighted by Gasteiger charge is -2.11. The highest BCUT2D eigenvalue weighted by atomic mass is 16.5. The highest BCUT2D eigenvalue weighted by Gasteiger charge is 1.93. The Kier molecular flexibility index (Phi) is 6.12. The average molecular weight is 289 g/mol. The zero-order valence-corrected chi connectivity index (χ0v) is 13.0. The van der Waals surface area contributed by atoms with Gasteiger partial charge in [0.1, 0.15) is 13.2 Å². The maximum absolute atomic E-state index is 5.38. The van der Waals surface area contributed by atoms with Crippen LogP contribution in [0.25, 0.3) is 0 Å². The van der Waals surface area contributed by atoms with E-state index in [0.29, 0.717) is 13.2 Å². The van der Waals surface area contributed by atoms with Gasteiger partial charge in [-0.25, -0.2) is 0 Å². The molecule has 0 amide bonds. The molecule has 0 aliphatic heterocycles. The first-order valence-corrected chi connectivity index (χ1v) is 7.13. The summed E-state index contributed by atoms with van der Waals surface area (Å²) in [5.41, 5.74) is 3.15. The van der Waals surface area contributed by atoms with Crippen LogP contribution in [0.15, 0.2) is 54.6 Å². The van der Waals surface area contributed by atoms with Crippen molar-refractivity contribution in [1.82, 2.24) is 0 Å². The molecule has 2 aromatic carbocycles. The van der Waals surface area contributed by atoms with Gasteiger partial charge in [-0.2, -0.15) is 0 Å². The van der Waals surface area contributed by atoms with Crippen molar-refractivity contribution in [1.29, 1.82) is 0 Å². The Morgan fingerprint density at radius 3 is 1.86 bits per heavy atom. The van der Waals surface area contributed by atoms with Gasteiger partial charge < -0.3 is 9.64 Å². The Hall–Kier alpha value is -2.68. The fourth-order valence-electron chi connectivity index (χ4n) is 1.79. The minimum atomic E-state index is 0.388. The summed E-state index contributed by atoms with van der Waals surface area (Å²) in [4.78, 5) is 2.06. The number of rotatable bonds is 3. The maximum Gasteiger partial charge on any atom is 0.109 e. The van der Waals surface area contributed by atoms with Crippen LogP contribution in [0.2, 0.25) is 0 Å². The van der Waals surface area contributed by atoms with E-state index in [4.69, 9.17) is 4.74 Å². The molecule has 0 unspecified atom stereocenters. The monoisotopic (exact) mass is 289 g/mol. The third kappa shape index (κ3) is 5.37. The van der Waals surface area contributed by atoms with E-state index in [-0.39, 0.29) is 0 Å². The summed E-state index contributed by atoms with van der Waals surface area (Å²) < 4.78 is 5.38. The quantitative estimate of drug-likeness (QED) is 0.635. The van der Waals surface area contributed by atoms with Crippen LogP contribution in [0.3, 0.4) is 0 Å². The third-order valence-electron chi connectivity index (χ3n) is 2.97. The molecule has 0 aliphatic carbocycles. The van der Waals surface area contributed by atoms with Crippen molar-refractivity contribution < 1.29 is 4.74 Å². The Balaban J connectivity index is 1.74. The van der Waals surface area contributed by atoms with Crippen LogP contribution in [0.5, 0.6) is 0 Å². The number of ether oxygens (including phenoxy) is 1. The second-order valence-corrected chi connectivity index (χ2v) is 4.90. The fraction of sp³-hybridized carbons (Fsp3) is 0.200. The zero-order valence-electron chi connectivity index (χ0n) is 13.0. The molecule has 2 rings (SSSR count). The summed E-state index contributed by atoms with van der Waals surface area (Å²) in [6.07, 6.45) is 0. The second kappa shape index (κ2) is 8.57. The van der Waals surface area contributed by atoms with Crippen molar-refractivity contribution in [2.45, 2.75) is 0 Å². The van der Waals surface area contributed by atoms with Crippen molar-refractivity contribution in [2.24, 2.45) is 0 Å². The van der Waals surface area contributed by atoms with Crippen LogP contribution in [-0.4, -0.2) is 27.3 Å². The number of hydrogen-bond acceptors (Lipinski definition) is 2. The van der Waals surface area contributed by atoms with Gasteiger partial charge >= 0.3 is 0 Å². The molecule has 0 heterocycles. The molecule has 0 atom stereocenters. The Morgan fingerprint density at radius 2 is 1.32 bits per heavy atom. The maximum atomic E-state index is 5.38. The first-order chi connectivity index (χ1) is 10.8. The zero-order chi connectivity index (χ0) is 15.6. The van der Waals surface area contributed by atoms with E-state index in [1.54, 1.807) is 0 Å². The SMILES string of the molecule is CN(C)c1ccc(C#CCOCC#Cc2ccccc2)cc1. The molecule has 0 bridgehead atoms. The van der Waals surface area contributed by atoms with Gasteiger partial charge in [0.05, 0.1) is 0 Å². The van der Waals surface area contributed by atoms with E-state index >= 15 is 0 Å². The minimum Gasteiger partial charge on any atom is -0.378 e. The molecule has 0 saturated carbocycles. The second-order valence-electron chi connectivity index (χ2n) is 4.90. The molecule has 2 aromatic rings. The summed E-state index contributed by atoms with van der Waals surface area (Å²) in [5.74, 6) is 12.1. The average Bonchev–Trinajstić information content (AvgIpc) is 2.55. The van der Waals surface area contributed by atoms with E-state index in [1.807, 2.05) is 56.6 Å². The Bertz CT molecular complexity index is 695. The van der Waals surface area contributed by atoms with E-state index < -0.39 is 0 Å². The first-order valence-electron chi connectivity index (χ1n) is 7.13. The Morgan fingerprint density at radius 1 is 0.773 bits per heavy atom. The lowest BCUT2D eigenvalue weighted by atomic mass is 10.2. The molecule has 110 valence electrons. The Labute approximate surface area is 132 Å². The van der Waals surface area contributed by atoms with E-state index in [9.17, 15) is 0 Å². The molecule has 2 nitrogen and oxygen atoms in total. The van der Waals surface area contributed by atoms with E-state index in [2.05, 4.69) is 40.7 Å². The van der Waals surface area contributed by atoms with Crippen molar-refractivity contribution in [3.8, 4) is 23.7 Å². The van der Waals surface area contributed by atoms with Gasteiger partial charge in [-0.3, -0.25) is 0 Å². The predicted octanol–water partition coefficient (Wildman–Crippen LogP) is 3.17.